The third-order valence-electron chi connectivity index (χ3n) is 3.72. The van der Waals surface area contributed by atoms with Gasteiger partial charge >= 0.3 is 0 Å². The number of halogens is 4. The first-order valence-corrected chi connectivity index (χ1v) is 8.99. The second-order valence-corrected chi connectivity index (χ2v) is 6.90. The molecule has 3 rings (SSSR count). The maximum atomic E-state index is 13.1. The summed E-state index contributed by atoms with van der Waals surface area (Å²) in [5.41, 5.74) is 2.56. The van der Waals surface area contributed by atoms with E-state index < -0.39 is 0 Å². The lowest BCUT2D eigenvalue weighted by Crippen LogP contribution is -2.01. The molecule has 0 unspecified atom stereocenters. The van der Waals surface area contributed by atoms with E-state index in [9.17, 15) is 4.39 Å². The average Bonchev–Trinajstić information content (AvgIpc) is 2.61. The minimum atomic E-state index is -0.368. The van der Waals surface area contributed by atoms with Gasteiger partial charge in [0.25, 0.3) is 0 Å². The molecule has 3 aromatic rings. The largest absolute Gasteiger partial charge is 0.489 e. The van der Waals surface area contributed by atoms with Gasteiger partial charge in [0.2, 0.25) is 0 Å². The maximum absolute atomic E-state index is 13.1. The second kappa shape index (κ2) is 8.63. The summed E-state index contributed by atoms with van der Waals surface area (Å²) >= 11 is 18.1. The van der Waals surface area contributed by atoms with Crippen molar-refractivity contribution in [3.05, 3.63) is 92.7 Å². The van der Waals surface area contributed by atoms with Crippen molar-refractivity contribution in [2.75, 3.05) is 5.32 Å². The van der Waals surface area contributed by atoms with Crippen molar-refractivity contribution in [1.29, 1.82) is 0 Å². The van der Waals surface area contributed by atoms with E-state index in [1.807, 2.05) is 30.3 Å². The van der Waals surface area contributed by atoms with E-state index in [0.717, 1.165) is 16.8 Å². The summed E-state index contributed by atoms with van der Waals surface area (Å²) in [5, 5.41) is 4.77. The van der Waals surface area contributed by atoms with Gasteiger partial charge < -0.3 is 10.1 Å². The lowest BCUT2D eigenvalue weighted by atomic mass is 10.2. The fourth-order valence-corrected chi connectivity index (χ4v) is 3.07. The lowest BCUT2D eigenvalue weighted by Gasteiger charge is -2.11. The van der Waals surface area contributed by atoms with Gasteiger partial charge in [0, 0.05) is 17.1 Å². The zero-order valence-corrected chi connectivity index (χ0v) is 15.9. The second-order valence-electron chi connectivity index (χ2n) is 5.65. The number of ether oxygens (including phenoxy) is 1. The van der Waals surface area contributed by atoms with Crippen molar-refractivity contribution in [2.45, 2.75) is 13.2 Å². The molecule has 0 spiro atoms. The Morgan fingerprint density at radius 1 is 0.885 bits per heavy atom. The van der Waals surface area contributed by atoms with E-state index in [-0.39, 0.29) is 12.4 Å². The molecule has 2 nitrogen and oxygen atoms in total. The molecule has 0 aromatic heterocycles. The lowest BCUT2D eigenvalue weighted by molar-refractivity contribution is 0.306. The van der Waals surface area contributed by atoms with Gasteiger partial charge in [0.15, 0.2) is 0 Å². The Hall–Kier alpha value is -1.94. The van der Waals surface area contributed by atoms with Gasteiger partial charge in [0.1, 0.15) is 18.2 Å². The van der Waals surface area contributed by atoms with Gasteiger partial charge in [-0.1, -0.05) is 53.0 Å². The van der Waals surface area contributed by atoms with E-state index in [4.69, 9.17) is 39.5 Å². The highest BCUT2D eigenvalue weighted by Gasteiger charge is 2.05. The molecule has 0 heterocycles. The van der Waals surface area contributed by atoms with E-state index in [1.165, 1.54) is 12.1 Å². The third-order valence-corrected chi connectivity index (χ3v) is 4.62. The first-order valence-electron chi connectivity index (χ1n) is 7.86. The zero-order valence-electron chi connectivity index (χ0n) is 13.6. The van der Waals surface area contributed by atoms with Crippen molar-refractivity contribution < 1.29 is 9.13 Å². The molecule has 0 aliphatic carbocycles. The first kappa shape index (κ1) is 18.8. The summed E-state index contributed by atoms with van der Waals surface area (Å²) in [6.45, 7) is 0.842. The summed E-state index contributed by atoms with van der Waals surface area (Å²) in [5.74, 6) is 0.333. The van der Waals surface area contributed by atoms with Crippen LogP contribution in [0.3, 0.4) is 0 Å². The molecule has 0 aliphatic rings. The number of benzene rings is 3. The summed E-state index contributed by atoms with van der Waals surface area (Å²) in [6.07, 6.45) is 0. The van der Waals surface area contributed by atoms with Crippen LogP contribution in [0.15, 0.2) is 60.7 Å². The minimum Gasteiger partial charge on any atom is -0.489 e. The summed E-state index contributed by atoms with van der Waals surface area (Å²) < 4.78 is 18.9. The van der Waals surface area contributed by atoms with E-state index in [2.05, 4.69) is 5.32 Å². The topological polar surface area (TPSA) is 21.3 Å². The number of rotatable bonds is 6. The van der Waals surface area contributed by atoms with Crippen molar-refractivity contribution in [2.24, 2.45) is 0 Å². The maximum Gasteiger partial charge on any atom is 0.124 e. The quantitative estimate of drug-likeness (QED) is 0.473. The molecule has 0 fully saturated rings. The van der Waals surface area contributed by atoms with Crippen LogP contribution in [-0.4, -0.2) is 0 Å². The fraction of sp³-hybridized carbons (Fsp3) is 0.100. The summed E-state index contributed by atoms with van der Waals surface area (Å²) in [6, 6.07) is 17.2. The standard InChI is InChI=1S/C20H15Cl3FNO/c21-15-5-7-20(19(23)9-15)25-11-13-2-1-3-17(8-13)26-12-14-4-6-16(24)10-18(14)22/h1-10,25H,11-12H2. The van der Waals surface area contributed by atoms with Crippen LogP contribution < -0.4 is 10.1 Å². The predicted octanol–water partition coefficient (Wildman–Crippen LogP) is 6.98. The molecule has 0 aliphatic heterocycles. The highest BCUT2D eigenvalue weighted by Crippen LogP contribution is 2.26. The zero-order chi connectivity index (χ0) is 18.5. The van der Waals surface area contributed by atoms with E-state index in [0.29, 0.717) is 27.4 Å². The monoisotopic (exact) mass is 409 g/mol. The van der Waals surface area contributed by atoms with Crippen molar-refractivity contribution >= 4 is 40.5 Å². The van der Waals surface area contributed by atoms with Gasteiger partial charge in [-0.3, -0.25) is 0 Å². The SMILES string of the molecule is Fc1ccc(COc2cccc(CNc3ccc(Cl)cc3Cl)c2)c(Cl)c1. The number of hydrogen-bond acceptors (Lipinski definition) is 2. The van der Waals surface area contributed by atoms with E-state index >= 15 is 0 Å². The van der Waals surface area contributed by atoms with Crippen LogP contribution in [0, 0.1) is 5.82 Å². The Morgan fingerprint density at radius 3 is 2.50 bits per heavy atom. The van der Waals surface area contributed by atoms with Gasteiger partial charge in [-0.15, -0.1) is 0 Å². The number of hydrogen-bond donors (Lipinski definition) is 1. The van der Waals surface area contributed by atoms with Crippen molar-refractivity contribution in [1.82, 2.24) is 0 Å². The third kappa shape index (κ3) is 5.04. The normalized spacial score (nSPS) is 10.6. The van der Waals surface area contributed by atoms with Crippen LogP contribution in [0.25, 0.3) is 0 Å². The highest BCUT2D eigenvalue weighted by molar-refractivity contribution is 6.36. The molecule has 134 valence electrons. The molecule has 26 heavy (non-hydrogen) atoms. The molecule has 0 bridgehead atoms. The average molecular weight is 411 g/mol. The minimum absolute atomic E-state index is 0.263. The summed E-state index contributed by atoms with van der Waals surface area (Å²) in [7, 11) is 0. The van der Waals surface area contributed by atoms with Crippen molar-refractivity contribution in [3.8, 4) is 5.75 Å². The fourth-order valence-electron chi connectivity index (χ4n) is 2.38. The predicted molar refractivity (Wildman–Crippen MR) is 106 cm³/mol. The number of nitrogens with one attached hydrogen (secondary N) is 1. The number of anilines is 1. The molecule has 0 saturated carbocycles. The summed E-state index contributed by atoms with van der Waals surface area (Å²) in [4.78, 5) is 0. The van der Waals surface area contributed by atoms with Gasteiger partial charge in [-0.2, -0.15) is 0 Å². The van der Waals surface area contributed by atoms with E-state index in [1.54, 1.807) is 18.2 Å². The molecule has 1 N–H and O–H groups in total. The van der Waals surface area contributed by atoms with Crippen LogP contribution in [0.5, 0.6) is 5.75 Å². The van der Waals surface area contributed by atoms with Crippen LogP contribution in [0.4, 0.5) is 10.1 Å². The van der Waals surface area contributed by atoms with Crippen molar-refractivity contribution in [3.63, 3.8) is 0 Å². The Morgan fingerprint density at radius 2 is 1.73 bits per heavy atom. The highest BCUT2D eigenvalue weighted by atomic mass is 35.5. The molecular formula is C20H15Cl3FNO. The molecule has 0 radical (unpaired) electrons. The molecule has 3 aromatic carbocycles. The Kier molecular flexibility index (Phi) is 6.25. The van der Waals surface area contributed by atoms with Gasteiger partial charge in [0.05, 0.1) is 15.7 Å². The molecule has 6 heteroatoms. The van der Waals surface area contributed by atoms with Crippen LogP contribution in [0.2, 0.25) is 15.1 Å². The molecular weight excluding hydrogens is 396 g/mol. The van der Waals surface area contributed by atoms with Crippen LogP contribution in [0.1, 0.15) is 11.1 Å². The van der Waals surface area contributed by atoms with Gasteiger partial charge in [-0.25, -0.2) is 4.39 Å². The molecule has 0 amide bonds. The first-order chi connectivity index (χ1) is 12.5. The Balaban J connectivity index is 1.62. The van der Waals surface area contributed by atoms with Gasteiger partial charge in [-0.05, 0) is 48.0 Å². The van der Waals surface area contributed by atoms with Crippen LogP contribution in [-0.2, 0) is 13.2 Å². The van der Waals surface area contributed by atoms with Crippen LogP contribution >= 0.6 is 34.8 Å². The Bertz CT molecular complexity index is 847. The molecule has 0 saturated heterocycles. The Labute approximate surface area is 166 Å². The smallest absolute Gasteiger partial charge is 0.124 e. The molecule has 0 atom stereocenters.